The van der Waals surface area contributed by atoms with E-state index in [1.165, 1.54) is 10.7 Å². The van der Waals surface area contributed by atoms with Gasteiger partial charge in [0, 0.05) is 54.6 Å². The Balaban J connectivity index is 1.09. The lowest BCUT2D eigenvalue weighted by atomic mass is 9.60. The largest absolute Gasteiger partial charge is 0.444 e. The third-order valence-corrected chi connectivity index (χ3v) is 10.7. The highest BCUT2D eigenvalue weighted by Gasteiger charge is 2.53. The minimum absolute atomic E-state index is 0.0713. The molecule has 48 heavy (non-hydrogen) atoms. The Hall–Kier alpha value is -4.47. The first-order valence-corrected chi connectivity index (χ1v) is 16.9. The molecule has 0 radical (unpaired) electrons. The Bertz CT molecular complexity index is 1920. The molecule has 8 rings (SSSR count). The van der Waals surface area contributed by atoms with Crippen molar-refractivity contribution < 1.29 is 19.4 Å². The number of hydrogen-bond donors (Lipinski definition) is 2. The maximum absolute atomic E-state index is 13.5. The number of aliphatic hydroxyl groups is 1. The molecule has 3 aliphatic carbocycles. The lowest BCUT2D eigenvalue weighted by Crippen LogP contribution is -2.63. The predicted octanol–water partition coefficient (Wildman–Crippen LogP) is 6.07. The Morgan fingerprint density at radius 2 is 1.62 bits per heavy atom. The van der Waals surface area contributed by atoms with Crippen LogP contribution in [0.25, 0.3) is 21.3 Å². The number of anilines is 1. The zero-order valence-electron chi connectivity index (χ0n) is 28.4. The number of piperazine rings is 1. The van der Waals surface area contributed by atoms with Gasteiger partial charge in [0.25, 0.3) is 5.91 Å². The molecular weight excluding hydrogens is 608 g/mol. The van der Waals surface area contributed by atoms with Gasteiger partial charge in [0.1, 0.15) is 11.3 Å². The fourth-order valence-electron chi connectivity index (χ4n) is 7.99. The van der Waals surface area contributed by atoms with Crippen molar-refractivity contribution in [2.24, 2.45) is 0 Å². The molecule has 4 aromatic rings. The average Bonchev–Trinajstić information content (AvgIpc) is 3.68. The molecule has 12 nitrogen and oxygen atoms in total. The van der Waals surface area contributed by atoms with Crippen LogP contribution in [0.1, 0.15) is 89.2 Å². The monoisotopic (exact) mass is 652 g/mol. The summed E-state index contributed by atoms with van der Waals surface area (Å²) in [6, 6.07) is 8.91. The van der Waals surface area contributed by atoms with Crippen LogP contribution in [0.4, 0.5) is 16.2 Å². The van der Waals surface area contributed by atoms with Gasteiger partial charge in [-0.1, -0.05) is 0 Å². The first-order valence-electron chi connectivity index (χ1n) is 16.9. The van der Waals surface area contributed by atoms with Crippen molar-refractivity contribution in [2.75, 3.05) is 31.5 Å². The summed E-state index contributed by atoms with van der Waals surface area (Å²) in [6.07, 6.45) is 9.64. The number of rotatable bonds is 5. The quantitative estimate of drug-likeness (QED) is 0.251. The van der Waals surface area contributed by atoms with Gasteiger partial charge in [0.2, 0.25) is 5.69 Å². The number of ether oxygens (including phenoxy) is 1. The molecule has 1 aliphatic heterocycles. The van der Waals surface area contributed by atoms with Crippen LogP contribution in [0.5, 0.6) is 0 Å². The van der Waals surface area contributed by atoms with Crippen LogP contribution in [-0.4, -0.2) is 83.6 Å². The van der Waals surface area contributed by atoms with Crippen molar-refractivity contribution in [2.45, 2.75) is 95.4 Å². The van der Waals surface area contributed by atoms with E-state index in [0.29, 0.717) is 41.2 Å². The molecular formula is C36H44N8O4. The third-order valence-electron chi connectivity index (χ3n) is 10.7. The van der Waals surface area contributed by atoms with Crippen LogP contribution < -0.4 is 5.32 Å². The second-order valence-corrected chi connectivity index (χ2v) is 15.3. The van der Waals surface area contributed by atoms with E-state index < -0.39 is 11.2 Å². The zero-order valence-corrected chi connectivity index (χ0v) is 28.4. The van der Waals surface area contributed by atoms with Crippen molar-refractivity contribution in [1.82, 2.24) is 29.2 Å². The molecule has 4 heterocycles. The fourth-order valence-corrected chi connectivity index (χ4v) is 7.99. The molecule has 4 fully saturated rings. The topological polar surface area (TPSA) is 122 Å². The molecule has 0 atom stereocenters. The van der Waals surface area contributed by atoms with Crippen LogP contribution in [0.3, 0.4) is 0 Å². The van der Waals surface area contributed by atoms with Gasteiger partial charge in [-0.05, 0) is 103 Å². The normalized spacial score (nSPS) is 23.4. The van der Waals surface area contributed by atoms with E-state index in [2.05, 4.69) is 31.0 Å². The molecule has 3 saturated carbocycles. The number of fused-ring (bicyclic) bond motifs is 5. The number of hydrogen-bond acceptors (Lipinski definition) is 7. The molecule has 1 aromatic carbocycles. The fraction of sp³-hybridized carbons (Fsp3) is 0.528. The molecule has 3 aromatic heterocycles. The molecule has 2 amide bonds. The number of nitrogens with zero attached hydrogens (tertiary/aromatic N) is 7. The summed E-state index contributed by atoms with van der Waals surface area (Å²) in [6.45, 7) is 19.5. The van der Waals surface area contributed by atoms with Crippen molar-refractivity contribution in [3.8, 4) is 0 Å². The number of carbonyl (C=O) groups excluding carboxylic acids is 2. The van der Waals surface area contributed by atoms with Crippen LogP contribution in [-0.2, 0) is 15.9 Å². The molecule has 1 saturated heterocycles. The third kappa shape index (κ3) is 5.69. The molecule has 4 aliphatic rings. The summed E-state index contributed by atoms with van der Waals surface area (Å²) in [5.41, 5.74) is 1.62. The van der Waals surface area contributed by atoms with E-state index in [-0.39, 0.29) is 23.1 Å². The predicted molar refractivity (Wildman–Crippen MR) is 182 cm³/mol. The molecule has 0 spiro atoms. The van der Waals surface area contributed by atoms with Gasteiger partial charge in [0.05, 0.1) is 34.9 Å². The molecule has 2 N–H and O–H groups in total. The SMILES string of the molecule is [C-]#[N+]c1cnn2c(C(=O)Nc3cc4cn(C56CCC(N7CCN(C(=O)OC(C)(C)C)CC7)(CC5)CC6)nc4cc3C(C)(C)O)ccc2c1. The lowest BCUT2D eigenvalue weighted by molar-refractivity contribution is -0.0701. The maximum atomic E-state index is 13.5. The summed E-state index contributed by atoms with van der Waals surface area (Å²) in [7, 11) is 0. The highest BCUT2D eigenvalue weighted by atomic mass is 16.6. The van der Waals surface area contributed by atoms with Gasteiger partial charge in [-0.15, -0.1) is 0 Å². The highest BCUT2D eigenvalue weighted by molar-refractivity contribution is 6.05. The zero-order chi connectivity index (χ0) is 34.1. The van der Waals surface area contributed by atoms with Crippen LogP contribution in [0.15, 0.2) is 42.7 Å². The first kappa shape index (κ1) is 32.1. The second kappa shape index (κ2) is 11.3. The number of aromatic nitrogens is 4. The van der Waals surface area contributed by atoms with E-state index in [0.717, 1.165) is 62.5 Å². The van der Waals surface area contributed by atoms with Crippen molar-refractivity contribution >= 4 is 39.8 Å². The van der Waals surface area contributed by atoms with Crippen molar-refractivity contribution in [3.63, 3.8) is 0 Å². The summed E-state index contributed by atoms with van der Waals surface area (Å²) < 4.78 is 9.27. The maximum Gasteiger partial charge on any atom is 0.410 e. The minimum Gasteiger partial charge on any atom is -0.444 e. The van der Waals surface area contributed by atoms with Crippen molar-refractivity contribution in [3.05, 3.63) is 65.4 Å². The van der Waals surface area contributed by atoms with E-state index >= 15 is 0 Å². The van der Waals surface area contributed by atoms with Crippen LogP contribution in [0.2, 0.25) is 0 Å². The summed E-state index contributed by atoms with van der Waals surface area (Å²) in [5, 5.41) is 24.4. The standard InChI is InChI=1S/C36H44N8O4/c1-33(2,3)48-32(46)41-15-17-42(18-16-41)35-9-12-36(13-10-35,14-11-35)43-23-24-19-29(27(34(4,5)47)21-28(24)40-43)39-31(45)30-8-7-26-20-25(37-6)22-38-44(26)30/h7-8,19-23,47H,9-18H2,1-5H3,(H,39,45). The Labute approximate surface area is 280 Å². The Morgan fingerprint density at radius 3 is 2.25 bits per heavy atom. The van der Waals surface area contributed by atoms with Gasteiger partial charge in [-0.3, -0.25) is 14.4 Å². The van der Waals surface area contributed by atoms with E-state index in [1.807, 2.05) is 37.8 Å². The lowest BCUT2D eigenvalue weighted by Gasteiger charge is -2.58. The number of benzene rings is 1. The molecule has 252 valence electrons. The first-order chi connectivity index (χ1) is 22.7. The van der Waals surface area contributed by atoms with Gasteiger partial charge < -0.3 is 20.1 Å². The second-order valence-electron chi connectivity index (χ2n) is 15.3. The number of amides is 2. The number of carbonyl (C=O) groups is 2. The number of nitrogens with one attached hydrogen (secondary N) is 1. The molecule has 2 bridgehead atoms. The summed E-state index contributed by atoms with van der Waals surface area (Å²) in [4.78, 5) is 34.0. The van der Waals surface area contributed by atoms with E-state index in [4.69, 9.17) is 16.4 Å². The summed E-state index contributed by atoms with van der Waals surface area (Å²) in [5.74, 6) is -0.364. The molecule has 12 heteroatoms. The van der Waals surface area contributed by atoms with E-state index in [1.54, 1.807) is 32.0 Å². The van der Waals surface area contributed by atoms with Crippen LogP contribution >= 0.6 is 0 Å². The summed E-state index contributed by atoms with van der Waals surface area (Å²) >= 11 is 0. The average molecular weight is 653 g/mol. The highest BCUT2D eigenvalue weighted by Crippen LogP contribution is 2.53. The Kier molecular flexibility index (Phi) is 7.56. The van der Waals surface area contributed by atoms with Gasteiger partial charge in [0.15, 0.2) is 0 Å². The minimum atomic E-state index is -1.23. The Morgan fingerprint density at radius 1 is 0.958 bits per heavy atom. The van der Waals surface area contributed by atoms with Gasteiger partial charge >= 0.3 is 6.09 Å². The molecule has 0 unspecified atom stereocenters. The van der Waals surface area contributed by atoms with Crippen LogP contribution in [0, 0.1) is 6.57 Å². The van der Waals surface area contributed by atoms with E-state index in [9.17, 15) is 14.7 Å². The van der Waals surface area contributed by atoms with Gasteiger partial charge in [-0.25, -0.2) is 14.2 Å². The van der Waals surface area contributed by atoms with Crippen molar-refractivity contribution in [1.29, 1.82) is 0 Å². The smallest absolute Gasteiger partial charge is 0.410 e. The van der Waals surface area contributed by atoms with Gasteiger partial charge in [-0.2, -0.15) is 10.2 Å².